The normalized spacial score (nSPS) is 13.8. The number of fused-ring (bicyclic) bond motifs is 1. The minimum Gasteiger partial charge on any atom is -0.418 e. The number of oxazole rings is 1. The molecule has 3 rings (SSSR count). The molecule has 1 aromatic carbocycles. The van der Waals surface area contributed by atoms with Crippen molar-refractivity contribution in [1.29, 1.82) is 0 Å². The number of carbonyl (C=O) groups excluding carboxylic acids is 1. The van der Waals surface area contributed by atoms with Gasteiger partial charge in [-0.2, -0.15) is 12.7 Å². The molecule has 24 heavy (non-hydrogen) atoms. The van der Waals surface area contributed by atoms with Gasteiger partial charge in [-0.1, -0.05) is 12.1 Å². The average Bonchev–Trinajstić information content (AvgIpc) is 3.15. The fraction of sp³-hybridized carbons (Fsp3) is 0.333. The van der Waals surface area contributed by atoms with E-state index in [4.69, 9.17) is 4.42 Å². The van der Waals surface area contributed by atoms with E-state index in [9.17, 15) is 13.2 Å². The van der Waals surface area contributed by atoms with E-state index in [1.54, 1.807) is 0 Å². The number of amides is 1. The van der Waals surface area contributed by atoms with E-state index in [0.29, 0.717) is 0 Å². The van der Waals surface area contributed by atoms with Crippen molar-refractivity contribution in [2.75, 3.05) is 19.4 Å². The highest BCUT2D eigenvalue weighted by Crippen LogP contribution is 2.30. The summed E-state index contributed by atoms with van der Waals surface area (Å²) in [5.41, 5.74) is 3.40. The first kappa shape index (κ1) is 16.5. The van der Waals surface area contributed by atoms with Crippen molar-refractivity contribution >= 4 is 27.8 Å². The Hall–Kier alpha value is -2.39. The van der Waals surface area contributed by atoms with Crippen molar-refractivity contribution in [3.63, 3.8) is 0 Å². The number of aryl methyl sites for hydroxylation is 1. The smallest absolute Gasteiger partial charge is 0.303 e. The Balaban J connectivity index is 1.75. The number of carbonyl (C=O) groups is 1. The lowest BCUT2D eigenvalue weighted by Crippen LogP contribution is -2.39. The molecule has 0 fully saturated rings. The van der Waals surface area contributed by atoms with Crippen LogP contribution in [0.3, 0.4) is 0 Å². The van der Waals surface area contributed by atoms with Crippen LogP contribution in [-0.4, -0.2) is 37.7 Å². The Labute approximate surface area is 140 Å². The molecule has 2 N–H and O–H groups in total. The first-order valence-electron chi connectivity index (χ1n) is 7.45. The summed E-state index contributed by atoms with van der Waals surface area (Å²) in [6.07, 6.45) is 4.32. The zero-order chi connectivity index (χ0) is 17.3. The Bertz CT molecular complexity index is 873. The van der Waals surface area contributed by atoms with Crippen molar-refractivity contribution in [3.05, 3.63) is 41.3 Å². The molecule has 128 valence electrons. The second-order valence-electron chi connectivity index (χ2n) is 5.67. The third-order valence-corrected chi connectivity index (χ3v) is 5.22. The van der Waals surface area contributed by atoms with E-state index in [1.165, 1.54) is 31.4 Å². The van der Waals surface area contributed by atoms with Crippen LogP contribution >= 0.6 is 0 Å². The lowest BCUT2D eigenvalue weighted by atomic mass is 10.1. The van der Waals surface area contributed by atoms with Crippen molar-refractivity contribution in [1.82, 2.24) is 14.0 Å². The van der Waals surface area contributed by atoms with E-state index in [-0.39, 0.29) is 11.8 Å². The second kappa shape index (κ2) is 6.25. The van der Waals surface area contributed by atoms with Gasteiger partial charge >= 0.3 is 16.1 Å². The first-order valence-corrected chi connectivity index (χ1v) is 8.89. The summed E-state index contributed by atoms with van der Waals surface area (Å²) >= 11 is 0. The number of hydrogen-bond acceptors (Lipinski definition) is 6. The van der Waals surface area contributed by atoms with Crippen LogP contribution < -0.4 is 10.0 Å². The number of rotatable bonds is 5. The topological polar surface area (TPSA) is 105 Å². The van der Waals surface area contributed by atoms with Crippen molar-refractivity contribution in [2.24, 2.45) is 0 Å². The molecule has 0 radical (unpaired) electrons. The Morgan fingerprint density at radius 2 is 2.08 bits per heavy atom. The first-order chi connectivity index (χ1) is 11.4. The summed E-state index contributed by atoms with van der Waals surface area (Å²) in [7, 11) is -1.24. The van der Waals surface area contributed by atoms with Gasteiger partial charge in [0.15, 0.2) is 0 Å². The molecule has 0 spiro atoms. The van der Waals surface area contributed by atoms with Crippen LogP contribution in [0.25, 0.3) is 0 Å². The summed E-state index contributed by atoms with van der Waals surface area (Å²) in [4.78, 5) is 15.9. The van der Waals surface area contributed by atoms with Crippen molar-refractivity contribution in [3.8, 4) is 0 Å². The molecule has 0 saturated heterocycles. The van der Waals surface area contributed by atoms with Gasteiger partial charge in [0.05, 0.1) is 6.20 Å². The zero-order valence-electron chi connectivity index (χ0n) is 13.4. The molecule has 0 bridgehead atoms. The van der Waals surface area contributed by atoms with Gasteiger partial charge in [0.1, 0.15) is 0 Å². The Kier molecular flexibility index (Phi) is 4.29. The van der Waals surface area contributed by atoms with Gasteiger partial charge in [0.25, 0.3) is 6.01 Å². The van der Waals surface area contributed by atoms with E-state index in [0.717, 1.165) is 29.3 Å². The molecule has 1 amide bonds. The van der Waals surface area contributed by atoms with Gasteiger partial charge in [-0.3, -0.25) is 4.79 Å². The molecular formula is C15H18N4O4S. The van der Waals surface area contributed by atoms with Gasteiger partial charge in [0, 0.05) is 19.8 Å². The fourth-order valence-corrected chi connectivity index (χ4v) is 3.07. The minimum atomic E-state index is -3.88. The monoisotopic (exact) mass is 350 g/mol. The lowest BCUT2D eigenvalue weighted by Gasteiger charge is -2.10. The van der Waals surface area contributed by atoms with Crippen LogP contribution in [-0.2, 0) is 23.1 Å². The number of aromatic nitrogens is 1. The molecule has 2 aromatic rings. The van der Waals surface area contributed by atoms with Crippen LogP contribution in [0.15, 0.2) is 28.8 Å². The number of nitrogens with zero attached hydrogens (tertiary/aromatic N) is 2. The molecule has 8 nitrogen and oxygen atoms in total. The van der Waals surface area contributed by atoms with Gasteiger partial charge < -0.3 is 9.73 Å². The molecule has 9 heteroatoms. The predicted octanol–water partition coefficient (Wildman–Crippen LogP) is 1.44. The zero-order valence-corrected chi connectivity index (χ0v) is 14.2. The van der Waals surface area contributed by atoms with E-state index in [1.807, 2.05) is 16.9 Å². The average molecular weight is 350 g/mol. The molecule has 0 saturated carbocycles. The molecule has 0 atom stereocenters. The second-order valence-corrected chi connectivity index (χ2v) is 7.55. The molecule has 0 unspecified atom stereocenters. The summed E-state index contributed by atoms with van der Waals surface area (Å²) < 4.78 is 31.4. The van der Waals surface area contributed by atoms with Crippen LogP contribution in [0, 0.1) is 0 Å². The Morgan fingerprint density at radius 1 is 1.29 bits per heavy atom. The molecule has 0 aliphatic heterocycles. The maximum absolute atomic E-state index is 11.9. The molecule has 1 aliphatic carbocycles. The summed E-state index contributed by atoms with van der Waals surface area (Å²) in [6.45, 7) is 0. The minimum absolute atomic E-state index is 0.141. The van der Waals surface area contributed by atoms with Crippen LogP contribution in [0.5, 0.6) is 0 Å². The van der Waals surface area contributed by atoms with E-state index in [2.05, 4.69) is 16.4 Å². The molecule has 1 aromatic heterocycles. The summed E-state index contributed by atoms with van der Waals surface area (Å²) in [6, 6.07) is 6.11. The molecule has 1 heterocycles. The number of benzene rings is 1. The molecular weight excluding hydrogens is 332 g/mol. The van der Waals surface area contributed by atoms with Crippen molar-refractivity contribution < 1.29 is 17.6 Å². The number of nitrogens with one attached hydrogen (secondary N) is 2. The Morgan fingerprint density at radius 3 is 2.83 bits per heavy atom. The van der Waals surface area contributed by atoms with Gasteiger partial charge in [-0.05, 0) is 36.5 Å². The van der Waals surface area contributed by atoms with Crippen molar-refractivity contribution in [2.45, 2.75) is 19.3 Å². The third-order valence-electron chi connectivity index (χ3n) is 3.82. The van der Waals surface area contributed by atoms with Gasteiger partial charge in [-0.25, -0.2) is 9.71 Å². The largest absolute Gasteiger partial charge is 0.418 e. The maximum Gasteiger partial charge on any atom is 0.303 e. The van der Waals surface area contributed by atoms with E-state index >= 15 is 0 Å². The van der Waals surface area contributed by atoms with Crippen LogP contribution in [0.1, 0.15) is 28.1 Å². The van der Waals surface area contributed by atoms with Crippen LogP contribution in [0.2, 0.25) is 0 Å². The van der Waals surface area contributed by atoms with Gasteiger partial charge in [-0.15, -0.1) is 0 Å². The number of hydrogen-bond donors (Lipinski definition) is 2. The third kappa shape index (κ3) is 3.26. The maximum atomic E-state index is 11.9. The highest BCUT2D eigenvalue weighted by atomic mass is 32.2. The summed E-state index contributed by atoms with van der Waals surface area (Å²) in [5.74, 6) is -1.06. The fourth-order valence-electron chi connectivity index (χ4n) is 2.55. The van der Waals surface area contributed by atoms with E-state index < -0.39 is 16.1 Å². The lowest BCUT2D eigenvalue weighted by molar-refractivity contribution is 0.0953. The SMILES string of the molecule is CN(C)S(=O)(=O)NC(=O)c1cnc(Nc2cccc3c2CCC3)o1. The predicted molar refractivity (Wildman–Crippen MR) is 88.3 cm³/mol. The molecule has 1 aliphatic rings. The highest BCUT2D eigenvalue weighted by Gasteiger charge is 2.22. The highest BCUT2D eigenvalue weighted by molar-refractivity contribution is 7.87. The quantitative estimate of drug-likeness (QED) is 0.845. The number of anilines is 2. The van der Waals surface area contributed by atoms with Gasteiger partial charge in [0.2, 0.25) is 5.76 Å². The summed E-state index contributed by atoms with van der Waals surface area (Å²) in [5, 5.41) is 3.05. The standard InChI is InChI=1S/C15H18N4O4S/c1-19(2)24(21,22)18-14(20)13-9-16-15(23-13)17-12-8-4-6-10-5-3-7-11(10)12/h4,6,8-9H,3,5,7H2,1-2H3,(H,16,17)(H,18,20). The van der Waals surface area contributed by atoms with Crippen LogP contribution in [0.4, 0.5) is 11.7 Å².